The number of nitrogens with zero attached hydrogens (tertiary/aromatic N) is 7. The molecule has 2 atom stereocenters. The molecular formula is C35H35ClF4N8O2S. The van der Waals surface area contributed by atoms with Crippen LogP contribution < -0.4 is 15.4 Å². The molecule has 0 unspecified atom stereocenters. The number of hydrogen-bond acceptors (Lipinski definition) is 9. The van der Waals surface area contributed by atoms with Crippen LogP contribution in [0.1, 0.15) is 38.2 Å². The zero-order valence-electron chi connectivity index (χ0n) is 28.0. The van der Waals surface area contributed by atoms with Crippen LogP contribution >= 0.6 is 22.9 Å². The van der Waals surface area contributed by atoms with Gasteiger partial charge in [0.05, 0.1) is 28.4 Å². The number of nitrogen functional groups attached to an aromatic ring is 1. The normalized spacial score (nSPS) is 21.9. The number of anilines is 2. The number of urea groups is 1. The number of halogens is 5. The standard InChI is InChI=1S/C35H35ClF4N8O2S/c1-18(24-5-3-9-45(24)2)50-32-43-28-20(11-22(36)26(27(28)38)19-6-7-23(37)29-25(19)21(12-41)30(42)51-29)31(44-32)46-10-4-8-34(13-46)14-47(15-34)33(49)48-16-35(39,40)17-48/h6-7,11,18,24H,3-5,8-10,13-17,42H2,1-2H3/t18-,24-/m0/s1. The number of alkyl halides is 2. The van der Waals surface area contributed by atoms with E-state index >= 15 is 4.39 Å². The van der Waals surface area contributed by atoms with Crippen LogP contribution in [0.3, 0.4) is 0 Å². The maximum Gasteiger partial charge on any atom is 0.320 e. The molecule has 0 saturated carbocycles. The van der Waals surface area contributed by atoms with Crippen LogP contribution in [0.25, 0.3) is 32.1 Å². The monoisotopic (exact) mass is 742 g/mol. The average molecular weight is 743 g/mol. The smallest absolute Gasteiger partial charge is 0.320 e. The molecule has 51 heavy (non-hydrogen) atoms. The van der Waals surface area contributed by atoms with Crippen LogP contribution in [0.15, 0.2) is 18.2 Å². The number of hydrogen-bond donors (Lipinski definition) is 1. The number of amides is 2. The third-order valence-electron chi connectivity index (χ3n) is 10.9. The first kappa shape index (κ1) is 34.0. The van der Waals surface area contributed by atoms with E-state index in [0.29, 0.717) is 37.4 Å². The van der Waals surface area contributed by atoms with Gasteiger partial charge in [-0.1, -0.05) is 17.7 Å². The van der Waals surface area contributed by atoms with E-state index < -0.39 is 30.6 Å². The first-order valence-corrected chi connectivity index (χ1v) is 18.1. The van der Waals surface area contributed by atoms with Crippen molar-refractivity contribution in [2.75, 3.05) is 63.5 Å². The van der Waals surface area contributed by atoms with Gasteiger partial charge >= 0.3 is 12.0 Å². The van der Waals surface area contributed by atoms with Crippen molar-refractivity contribution in [3.8, 4) is 23.2 Å². The number of aromatic nitrogens is 2. The SMILES string of the molecule is C[C@H](Oc1nc(N2CCCC3(CN(C(=O)N4CC(F)(F)C4)C3)C2)c2cc(Cl)c(-c3ccc(F)c4sc(N)c(C#N)c34)c(F)c2n1)[C@@H]1CCCN1C. The number of benzene rings is 2. The summed E-state index contributed by atoms with van der Waals surface area (Å²) in [7, 11) is 2.03. The van der Waals surface area contributed by atoms with E-state index in [1.807, 2.05) is 24.9 Å². The fraction of sp³-hybridized carbons (Fsp3) is 0.486. The quantitative estimate of drug-likeness (QED) is 0.224. The van der Waals surface area contributed by atoms with E-state index in [4.69, 9.17) is 27.1 Å². The highest BCUT2D eigenvalue weighted by Gasteiger charge is 2.53. The van der Waals surface area contributed by atoms with E-state index in [2.05, 4.69) is 9.88 Å². The number of rotatable bonds is 5. The summed E-state index contributed by atoms with van der Waals surface area (Å²) in [5.41, 5.74) is 5.92. The lowest BCUT2D eigenvalue weighted by Crippen LogP contribution is -2.69. The molecule has 268 valence electrons. The highest BCUT2D eigenvalue weighted by molar-refractivity contribution is 7.23. The van der Waals surface area contributed by atoms with Gasteiger partial charge in [-0.3, -0.25) is 4.90 Å². The Hall–Kier alpha value is -4.13. The number of likely N-dealkylation sites (tertiary alicyclic amines) is 3. The Kier molecular flexibility index (Phi) is 8.15. The Morgan fingerprint density at radius 3 is 2.57 bits per heavy atom. The van der Waals surface area contributed by atoms with Gasteiger partial charge in [-0.25, -0.2) is 22.4 Å². The summed E-state index contributed by atoms with van der Waals surface area (Å²) in [5, 5.41) is 10.5. The van der Waals surface area contributed by atoms with E-state index in [-0.39, 0.29) is 71.9 Å². The summed E-state index contributed by atoms with van der Waals surface area (Å²) in [6, 6.07) is 5.91. The number of likely N-dealkylation sites (N-methyl/N-ethyl adjacent to an activating group) is 1. The lowest BCUT2D eigenvalue weighted by molar-refractivity contribution is -0.120. The molecule has 2 aromatic carbocycles. The largest absolute Gasteiger partial charge is 0.459 e. The van der Waals surface area contributed by atoms with Gasteiger partial charge in [-0.2, -0.15) is 15.2 Å². The first-order chi connectivity index (χ1) is 24.3. The van der Waals surface area contributed by atoms with E-state index in [9.17, 15) is 23.2 Å². The Morgan fingerprint density at radius 1 is 1.14 bits per heavy atom. The Balaban J connectivity index is 1.20. The van der Waals surface area contributed by atoms with Gasteiger partial charge in [0.25, 0.3) is 5.92 Å². The average Bonchev–Trinajstić information content (AvgIpc) is 3.65. The predicted octanol–water partition coefficient (Wildman–Crippen LogP) is 6.73. The second kappa shape index (κ2) is 12.2. The Morgan fingerprint density at radius 2 is 1.88 bits per heavy atom. The van der Waals surface area contributed by atoms with Crippen molar-refractivity contribution >= 4 is 60.8 Å². The third-order valence-corrected chi connectivity index (χ3v) is 12.2. The molecule has 8 rings (SSSR count). The van der Waals surface area contributed by atoms with E-state index in [1.54, 1.807) is 11.0 Å². The zero-order valence-corrected chi connectivity index (χ0v) is 29.6. The predicted molar refractivity (Wildman–Crippen MR) is 188 cm³/mol. The van der Waals surface area contributed by atoms with E-state index in [1.165, 1.54) is 17.0 Å². The van der Waals surface area contributed by atoms with Gasteiger partial charge in [0.2, 0.25) is 0 Å². The maximum atomic E-state index is 17.1. The number of ether oxygens (including phenoxy) is 1. The number of nitrogens with two attached hydrogens (primary N) is 1. The van der Waals surface area contributed by atoms with Gasteiger partial charge in [-0.05, 0) is 63.9 Å². The molecule has 1 spiro atoms. The summed E-state index contributed by atoms with van der Waals surface area (Å²) in [6.45, 7) is 3.62. The number of fused-ring (bicyclic) bond motifs is 2. The molecule has 4 fully saturated rings. The maximum absolute atomic E-state index is 17.1. The minimum absolute atomic E-state index is 0.0111. The lowest BCUT2D eigenvalue weighted by Gasteiger charge is -2.56. The summed E-state index contributed by atoms with van der Waals surface area (Å²) >= 11 is 7.79. The molecule has 2 amide bonds. The molecule has 4 aromatic rings. The zero-order chi connectivity index (χ0) is 36.0. The van der Waals surface area contributed by atoms with Crippen LogP contribution in [0.4, 0.5) is 33.2 Å². The van der Waals surface area contributed by atoms with Gasteiger partial charge in [-0.15, -0.1) is 11.3 Å². The summed E-state index contributed by atoms with van der Waals surface area (Å²) in [6.07, 6.45) is 3.22. The summed E-state index contributed by atoms with van der Waals surface area (Å²) in [5.74, 6) is -3.79. The minimum Gasteiger partial charge on any atom is -0.459 e. The van der Waals surface area contributed by atoms with Crippen molar-refractivity contribution in [2.24, 2.45) is 5.41 Å². The fourth-order valence-corrected chi connectivity index (χ4v) is 9.62. The van der Waals surface area contributed by atoms with Crippen molar-refractivity contribution in [1.82, 2.24) is 24.7 Å². The van der Waals surface area contributed by atoms with Crippen LogP contribution in [0.2, 0.25) is 5.02 Å². The molecule has 0 radical (unpaired) electrons. The van der Waals surface area contributed by atoms with Crippen LogP contribution in [-0.2, 0) is 0 Å². The van der Waals surface area contributed by atoms with Gasteiger partial charge < -0.3 is 25.2 Å². The molecule has 0 aliphatic carbocycles. The molecular weight excluding hydrogens is 708 g/mol. The van der Waals surface area contributed by atoms with Crippen LogP contribution in [0, 0.1) is 28.4 Å². The van der Waals surface area contributed by atoms with Gasteiger partial charge in [0, 0.05) is 54.0 Å². The van der Waals surface area contributed by atoms with Crippen molar-refractivity contribution in [1.29, 1.82) is 5.26 Å². The topological polar surface area (TPSA) is 115 Å². The van der Waals surface area contributed by atoms with Gasteiger partial charge in [0.1, 0.15) is 34.3 Å². The molecule has 0 bridgehead atoms. The molecule has 4 aliphatic heterocycles. The molecule has 16 heteroatoms. The Bertz CT molecular complexity index is 2130. The molecule has 2 N–H and O–H groups in total. The first-order valence-electron chi connectivity index (χ1n) is 16.9. The minimum atomic E-state index is -2.84. The van der Waals surface area contributed by atoms with Gasteiger partial charge in [0.15, 0.2) is 5.82 Å². The molecule has 2 aromatic heterocycles. The molecule has 10 nitrogen and oxygen atoms in total. The second-order valence-corrected chi connectivity index (χ2v) is 15.9. The summed E-state index contributed by atoms with van der Waals surface area (Å²) < 4.78 is 65.4. The highest BCUT2D eigenvalue weighted by Crippen LogP contribution is 2.47. The Labute approximate surface area is 300 Å². The summed E-state index contributed by atoms with van der Waals surface area (Å²) in [4.78, 5) is 29.3. The number of thiophene rings is 1. The molecule has 4 saturated heterocycles. The fourth-order valence-electron chi connectivity index (χ4n) is 8.38. The van der Waals surface area contributed by atoms with Crippen molar-refractivity contribution in [3.63, 3.8) is 0 Å². The molecule has 6 heterocycles. The van der Waals surface area contributed by atoms with Crippen molar-refractivity contribution in [3.05, 3.63) is 40.4 Å². The number of carbonyl (C=O) groups excluding carboxylic acids is 1. The van der Waals surface area contributed by atoms with Crippen LogP contribution in [-0.4, -0.2) is 102 Å². The second-order valence-electron chi connectivity index (χ2n) is 14.4. The third kappa shape index (κ3) is 5.66. The number of piperidine rings is 1. The lowest BCUT2D eigenvalue weighted by atomic mass is 9.73. The van der Waals surface area contributed by atoms with E-state index in [0.717, 1.165) is 43.6 Å². The molecule has 4 aliphatic rings. The van der Waals surface area contributed by atoms with Crippen molar-refractivity contribution < 1.29 is 27.1 Å². The number of carbonyl (C=O) groups is 1. The number of nitriles is 1. The van der Waals surface area contributed by atoms with Crippen LogP contribution in [0.5, 0.6) is 6.01 Å². The highest BCUT2D eigenvalue weighted by atomic mass is 35.5. The van der Waals surface area contributed by atoms with Crippen molar-refractivity contribution in [2.45, 2.75) is 50.7 Å².